The number of hydrogen-bond acceptors (Lipinski definition) is 4. The van der Waals surface area contributed by atoms with Crippen molar-refractivity contribution < 1.29 is 9.21 Å². The molecule has 1 amide bonds. The summed E-state index contributed by atoms with van der Waals surface area (Å²) in [4.78, 5) is 12.7. The lowest BCUT2D eigenvalue weighted by atomic mass is 10.1. The summed E-state index contributed by atoms with van der Waals surface area (Å²) in [6.45, 7) is 6.15. The van der Waals surface area contributed by atoms with Gasteiger partial charge in [0.1, 0.15) is 6.54 Å². The monoisotopic (exact) mass is 400 g/mol. The van der Waals surface area contributed by atoms with Crippen LogP contribution >= 0.6 is 0 Å². The number of hydrogen-bond donors (Lipinski definition) is 1. The standard InChI is InChI=1S/C24H24N4O2/c1-16-14-21(24-27-26-23(30-24)20-12-8-5-9-13-20)18(3)28(16)15-22(29)25-17(2)19-10-6-4-7-11-19/h4-14,17H,15H2,1-3H3,(H,25,29)/t17-/m1/s1. The van der Waals surface area contributed by atoms with Crippen molar-refractivity contribution in [1.29, 1.82) is 0 Å². The van der Waals surface area contributed by atoms with Crippen LogP contribution in [0, 0.1) is 13.8 Å². The van der Waals surface area contributed by atoms with E-state index in [2.05, 4.69) is 15.5 Å². The number of nitrogens with one attached hydrogen (secondary N) is 1. The van der Waals surface area contributed by atoms with E-state index >= 15 is 0 Å². The average Bonchev–Trinajstić information content (AvgIpc) is 3.35. The van der Waals surface area contributed by atoms with Crippen LogP contribution in [-0.2, 0) is 11.3 Å². The summed E-state index contributed by atoms with van der Waals surface area (Å²) in [5.74, 6) is 0.881. The third-order valence-corrected chi connectivity index (χ3v) is 5.23. The Morgan fingerprint density at radius 1 is 1.00 bits per heavy atom. The van der Waals surface area contributed by atoms with Gasteiger partial charge in [0.25, 0.3) is 0 Å². The van der Waals surface area contributed by atoms with Crippen LogP contribution in [0.25, 0.3) is 22.9 Å². The second-order valence-corrected chi connectivity index (χ2v) is 7.35. The summed E-state index contributed by atoms with van der Waals surface area (Å²) in [7, 11) is 0. The molecule has 4 rings (SSSR count). The highest BCUT2D eigenvalue weighted by Gasteiger charge is 2.19. The van der Waals surface area contributed by atoms with Gasteiger partial charge in [-0.15, -0.1) is 10.2 Å². The topological polar surface area (TPSA) is 73.0 Å². The number of aryl methyl sites for hydroxylation is 1. The number of carbonyl (C=O) groups excluding carboxylic acids is 1. The Morgan fingerprint density at radius 2 is 1.63 bits per heavy atom. The van der Waals surface area contributed by atoms with Crippen LogP contribution in [0.3, 0.4) is 0 Å². The summed E-state index contributed by atoms with van der Waals surface area (Å²) in [5.41, 5.74) is 4.67. The van der Waals surface area contributed by atoms with Gasteiger partial charge in [-0.05, 0) is 44.5 Å². The molecule has 0 fully saturated rings. The maximum absolute atomic E-state index is 12.7. The van der Waals surface area contributed by atoms with Crippen LogP contribution in [0.1, 0.15) is 29.9 Å². The predicted octanol–water partition coefficient (Wildman–Crippen LogP) is 4.70. The van der Waals surface area contributed by atoms with Gasteiger partial charge in [-0.2, -0.15) is 0 Å². The molecule has 1 atom stereocenters. The number of rotatable bonds is 6. The molecule has 2 aromatic carbocycles. The number of aromatic nitrogens is 3. The van der Waals surface area contributed by atoms with Crippen molar-refractivity contribution in [3.63, 3.8) is 0 Å². The highest BCUT2D eigenvalue weighted by atomic mass is 16.4. The maximum atomic E-state index is 12.7. The molecule has 0 aliphatic carbocycles. The van der Waals surface area contributed by atoms with Crippen LogP contribution in [0.2, 0.25) is 0 Å². The zero-order valence-corrected chi connectivity index (χ0v) is 17.3. The first-order chi connectivity index (χ1) is 14.5. The van der Waals surface area contributed by atoms with Gasteiger partial charge in [0, 0.05) is 17.0 Å². The smallest absolute Gasteiger partial charge is 0.249 e. The third-order valence-electron chi connectivity index (χ3n) is 5.23. The van der Waals surface area contributed by atoms with Crippen molar-refractivity contribution in [2.24, 2.45) is 0 Å². The molecule has 152 valence electrons. The second kappa shape index (κ2) is 8.37. The quantitative estimate of drug-likeness (QED) is 0.509. The maximum Gasteiger partial charge on any atom is 0.249 e. The highest BCUT2D eigenvalue weighted by Crippen LogP contribution is 2.28. The fourth-order valence-electron chi connectivity index (χ4n) is 3.55. The van der Waals surface area contributed by atoms with Crippen LogP contribution in [0.4, 0.5) is 0 Å². The summed E-state index contributed by atoms with van der Waals surface area (Å²) in [6, 6.07) is 21.5. The lowest BCUT2D eigenvalue weighted by molar-refractivity contribution is -0.122. The lowest BCUT2D eigenvalue weighted by Gasteiger charge is -2.16. The van der Waals surface area contributed by atoms with Gasteiger partial charge >= 0.3 is 0 Å². The van der Waals surface area contributed by atoms with Crippen molar-refractivity contribution in [1.82, 2.24) is 20.1 Å². The van der Waals surface area contributed by atoms with E-state index in [0.717, 1.165) is 28.1 Å². The fourth-order valence-corrected chi connectivity index (χ4v) is 3.55. The molecule has 6 nitrogen and oxygen atoms in total. The van der Waals surface area contributed by atoms with Crippen molar-refractivity contribution in [2.75, 3.05) is 0 Å². The van der Waals surface area contributed by atoms with E-state index in [1.807, 2.05) is 92.1 Å². The number of carbonyl (C=O) groups is 1. The molecule has 30 heavy (non-hydrogen) atoms. The van der Waals surface area contributed by atoms with Gasteiger partial charge < -0.3 is 14.3 Å². The molecule has 4 aromatic rings. The summed E-state index contributed by atoms with van der Waals surface area (Å²) < 4.78 is 7.86. The number of amides is 1. The minimum atomic E-state index is -0.0567. The molecule has 0 aliphatic heterocycles. The van der Waals surface area contributed by atoms with Gasteiger partial charge in [-0.1, -0.05) is 48.5 Å². The fraction of sp³-hybridized carbons (Fsp3) is 0.208. The second-order valence-electron chi connectivity index (χ2n) is 7.35. The van der Waals surface area contributed by atoms with E-state index in [1.165, 1.54) is 0 Å². The average molecular weight is 400 g/mol. The zero-order chi connectivity index (χ0) is 21.1. The molecule has 1 N–H and O–H groups in total. The number of nitrogens with zero attached hydrogens (tertiary/aromatic N) is 3. The first-order valence-electron chi connectivity index (χ1n) is 9.93. The molecular formula is C24H24N4O2. The summed E-state index contributed by atoms with van der Waals surface area (Å²) in [6.07, 6.45) is 0. The van der Waals surface area contributed by atoms with Crippen LogP contribution in [0.5, 0.6) is 0 Å². The zero-order valence-electron chi connectivity index (χ0n) is 17.3. The van der Waals surface area contributed by atoms with E-state index in [0.29, 0.717) is 11.8 Å². The number of benzene rings is 2. The molecule has 6 heteroatoms. The first-order valence-corrected chi connectivity index (χ1v) is 9.93. The van der Waals surface area contributed by atoms with E-state index in [-0.39, 0.29) is 18.5 Å². The molecule has 2 heterocycles. The molecule has 0 saturated heterocycles. The molecule has 0 unspecified atom stereocenters. The molecule has 0 aliphatic rings. The summed E-state index contributed by atoms with van der Waals surface area (Å²) >= 11 is 0. The minimum absolute atomic E-state index is 0.0461. The van der Waals surface area contributed by atoms with Gasteiger partial charge in [-0.25, -0.2) is 0 Å². The molecule has 0 spiro atoms. The highest BCUT2D eigenvalue weighted by molar-refractivity contribution is 5.77. The Hall–Kier alpha value is -3.67. The third kappa shape index (κ3) is 4.03. The van der Waals surface area contributed by atoms with Crippen LogP contribution < -0.4 is 5.32 Å². The Bertz CT molecular complexity index is 1150. The molecule has 2 aromatic heterocycles. The van der Waals surface area contributed by atoms with E-state index in [4.69, 9.17) is 4.42 Å². The van der Waals surface area contributed by atoms with Gasteiger partial charge in [0.2, 0.25) is 17.7 Å². The molecule has 0 saturated carbocycles. The summed E-state index contributed by atoms with van der Waals surface area (Å²) in [5, 5.41) is 11.4. The van der Waals surface area contributed by atoms with Gasteiger partial charge in [0.05, 0.1) is 11.6 Å². The van der Waals surface area contributed by atoms with Crippen LogP contribution in [-0.4, -0.2) is 20.7 Å². The Balaban J connectivity index is 1.51. The van der Waals surface area contributed by atoms with E-state index in [9.17, 15) is 4.79 Å². The van der Waals surface area contributed by atoms with Crippen molar-refractivity contribution in [2.45, 2.75) is 33.4 Å². The normalized spacial score (nSPS) is 12.0. The Kier molecular flexibility index (Phi) is 5.48. The Morgan fingerprint density at radius 3 is 2.33 bits per heavy atom. The van der Waals surface area contributed by atoms with Crippen molar-refractivity contribution >= 4 is 5.91 Å². The van der Waals surface area contributed by atoms with Gasteiger partial charge in [-0.3, -0.25) is 4.79 Å². The SMILES string of the molecule is Cc1cc(-c2nnc(-c3ccccc3)o2)c(C)n1CC(=O)N[C@H](C)c1ccccc1. The minimum Gasteiger partial charge on any atom is -0.416 e. The van der Waals surface area contributed by atoms with Crippen molar-refractivity contribution in [3.05, 3.63) is 83.7 Å². The predicted molar refractivity (Wildman–Crippen MR) is 116 cm³/mol. The largest absolute Gasteiger partial charge is 0.416 e. The van der Waals surface area contributed by atoms with Crippen molar-refractivity contribution in [3.8, 4) is 22.9 Å². The van der Waals surface area contributed by atoms with E-state index in [1.54, 1.807) is 0 Å². The Labute approximate surface area is 175 Å². The molecule has 0 radical (unpaired) electrons. The molecule has 0 bridgehead atoms. The first kappa shape index (κ1) is 19.6. The molecular weight excluding hydrogens is 376 g/mol. The lowest BCUT2D eigenvalue weighted by Crippen LogP contribution is -2.30. The van der Waals surface area contributed by atoms with E-state index < -0.39 is 0 Å². The van der Waals surface area contributed by atoms with Gasteiger partial charge in [0.15, 0.2) is 0 Å². The van der Waals surface area contributed by atoms with Crippen LogP contribution in [0.15, 0.2) is 71.1 Å².